The van der Waals surface area contributed by atoms with E-state index >= 15 is 0 Å². The van der Waals surface area contributed by atoms with Crippen molar-refractivity contribution in [3.05, 3.63) is 35.4 Å². The molecule has 7 heteroatoms. The first-order chi connectivity index (χ1) is 8.82. The number of halogens is 3. The van der Waals surface area contributed by atoms with Gasteiger partial charge in [0.05, 0.1) is 5.56 Å². The van der Waals surface area contributed by atoms with Crippen LogP contribution in [0.15, 0.2) is 24.3 Å². The minimum Gasteiger partial charge on any atom is -0.352 e. The van der Waals surface area contributed by atoms with Crippen LogP contribution < -0.4 is 16.4 Å². The third-order valence-electron chi connectivity index (χ3n) is 2.61. The average Bonchev–Trinajstić information content (AvgIpc) is 2.33. The van der Waals surface area contributed by atoms with Crippen LogP contribution in [0.3, 0.4) is 0 Å². The number of hydrogen-bond donors (Lipinski definition) is 3. The lowest BCUT2D eigenvalue weighted by atomic mass is 10.0. The molecule has 0 aliphatic heterocycles. The maximum absolute atomic E-state index is 12.8. The van der Waals surface area contributed by atoms with Gasteiger partial charge in [-0.05, 0) is 18.6 Å². The van der Waals surface area contributed by atoms with Gasteiger partial charge in [-0.1, -0.05) is 18.2 Å². The van der Waals surface area contributed by atoms with Gasteiger partial charge in [-0.2, -0.15) is 13.2 Å². The van der Waals surface area contributed by atoms with Gasteiger partial charge >= 0.3 is 12.2 Å². The maximum Gasteiger partial charge on any atom is 0.416 e. The van der Waals surface area contributed by atoms with Gasteiger partial charge < -0.3 is 16.4 Å². The Morgan fingerprint density at radius 1 is 1.32 bits per heavy atom. The zero-order chi connectivity index (χ0) is 14.5. The predicted molar refractivity (Wildman–Crippen MR) is 65.4 cm³/mol. The number of primary amides is 1. The smallest absolute Gasteiger partial charge is 0.352 e. The Bertz CT molecular complexity index is 434. The topological polar surface area (TPSA) is 67.2 Å². The summed E-state index contributed by atoms with van der Waals surface area (Å²) in [6, 6.07) is 4.26. The fraction of sp³-hybridized carbons (Fsp3) is 0.417. The third kappa shape index (κ3) is 4.78. The number of benzene rings is 1. The lowest BCUT2D eigenvalue weighted by Crippen LogP contribution is -2.36. The van der Waals surface area contributed by atoms with Crippen LogP contribution in [0.2, 0.25) is 0 Å². The molecule has 0 saturated carbocycles. The van der Waals surface area contributed by atoms with E-state index in [2.05, 4.69) is 10.6 Å². The van der Waals surface area contributed by atoms with Crippen LogP contribution in [-0.4, -0.2) is 19.1 Å². The van der Waals surface area contributed by atoms with Gasteiger partial charge in [-0.15, -0.1) is 0 Å². The Labute approximate surface area is 109 Å². The van der Waals surface area contributed by atoms with E-state index in [0.717, 1.165) is 6.07 Å². The number of carbonyl (C=O) groups is 1. The molecule has 19 heavy (non-hydrogen) atoms. The number of carbonyl (C=O) groups excluding carboxylic acids is 1. The van der Waals surface area contributed by atoms with Gasteiger partial charge in [-0.25, -0.2) is 4.79 Å². The van der Waals surface area contributed by atoms with E-state index in [-0.39, 0.29) is 12.1 Å². The van der Waals surface area contributed by atoms with Crippen molar-refractivity contribution in [1.82, 2.24) is 10.6 Å². The van der Waals surface area contributed by atoms with Crippen molar-refractivity contribution < 1.29 is 18.0 Å². The Balaban J connectivity index is 2.67. The SMILES string of the molecule is CC(NCCNC(N)=O)c1ccccc1C(F)(F)F. The van der Waals surface area contributed by atoms with E-state index in [0.29, 0.717) is 6.54 Å². The van der Waals surface area contributed by atoms with Crippen molar-refractivity contribution in [2.24, 2.45) is 5.73 Å². The summed E-state index contributed by atoms with van der Waals surface area (Å²) in [6.07, 6.45) is -4.38. The quantitative estimate of drug-likeness (QED) is 0.720. The number of amides is 2. The van der Waals surface area contributed by atoms with Crippen LogP contribution >= 0.6 is 0 Å². The number of urea groups is 1. The predicted octanol–water partition coefficient (Wildman–Crippen LogP) is 2.02. The number of alkyl halides is 3. The fourth-order valence-electron chi connectivity index (χ4n) is 1.72. The first-order valence-electron chi connectivity index (χ1n) is 5.75. The first kappa shape index (κ1) is 15.3. The zero-order valence-corrected chi connectivity index (χ0v) is 10.4. The second-order valence-corrected chi connectivity index (χ2v) is 4.05. The molecule has 1 atom stereocenters. The Morgan fingerprint density at radius 2 is 1.95 bits per heavy atom. The highest BCUT2D eigenvalue weighted by Crippen LogP contribution is 2.34. The van der Waals surface area contributed by atoms with Crippen molar-refractivity contribution in [2.45, 2.75) is 19.1 Å². The second-order valence-electron chi connectivity index (χ2n) is 4.05. The van der Waals surface area contributed by atoms with Crippen molar-refractivity contribution in [2.75, 3.05) is 13.1 Å². The summed E-state index contributed by atoms with van der Waals surface area (Å²) < 4.78 is 38.4. The number of nitrogens with one attached hydrogen (secondary N) is 2. The van der Waals surface area contributed by atoms with Crippen LogP contribution in [0, 0.1) is 0 Å². The van der Waals surface area contributed by atoms with Crippen LogP contribution in [0.5, 0.6) is 0 Å². The molecule has 106 valence electrons. The molecular formula is C12H16F3N3O. The molecule has 2 amide bonds. The molecule has 1 aromatic rings. The van der Waals surface area contributed by atoms with Crippen LogP contribution in [0.1, 0.15) is 24.1 Å². The Kier molecular flexibility index (Phi) is 5.17. The molecule has 0 saturated heterocycles. The van der Waals surface area contributed by atoms with Gasteiger partial charge in [0.25, 0.3) is 0 Å². The zero-order valence-electron chi connectivity index (χ0n) is 10.4. The van der Waals surface area contributed by atoms with Crippen molar-refractivity contribution in [3.8, 4) is 0 Å². The molecule has 1 unspecified atom stereocenters. The Morgan fingerprint density at radius 3 is 2.53 bits per heavy atom. The van der Waals surface area contributed by atoms with E-state index in [1.54, 1.807) is 13.0 Å². The van der Waals surface area contributed by atoms with E-state index in [9.17, 15) is 18.0 Å². The minimum absolute atomic E-state index is 0.175. The summed E-state index contributed by atoms with van der Waals surface area (Å²) in [5.41, 5.74) is 4.40. The second kappa shape index (κ2) is 6.42. The molecule has 0 aromatic heterocycles. The third-order valence-corrected chi connectivity index (χ3v) is 2.61. The van der Waals surface area contributed by atoms with E-state index in [1.807, 2.05) is 0 Å². The normalized spacial score (nSPS) is 13.1. The maximum atomic E-state index is 12.8. The van der Waals surface area contributed by atoms with Gasteiger partial charge in [0.2, 0.25) is 0 Å². The summed E-state index contributed by atoms with van der Waals surface area (Å²) in [7, 11) is 0. The molecule has 0 radical (unpaired) electrons. The fourth-order valence-corrected chi connectivity index (χ4v) is 1.72. The standard InChI is InChI=1S/C12H16F3N3O/c1-8(17-6-7-18-11(16)19)9-4-2-3-5-10(9)12(13,14)15/h2-5,8,17H,6-7H2,1H3,(H3,16,18,19). The van der Waals surface area contributed by atoms with Gasteiger partial charge in [0, 0.05) is 19.1 Å². The Hall–Kier alpha value is -1.76. The van der Waals surface area contributed by atoms with Crippen molar-refractivity contribution in [1.29, 1.82) is 0 Å². The number of hydrogen-bond acceptors (Lipinski definition) is 2. The molecule has 0 aliphatic carbocycles. The summed E-state index contributed by atoms with van der Waals surface area (Å²) in [5, 5.41) is 5.25. The molecule has 0 spiro atoms. The van der Waals surface area contributed by atoms with Gasteiger partial charge in [0.15, 0.2) is 0 Å². The monoisotopic (exact) mass is 275 g/mol. The lowest BCUT2D eigenvalue weighted by Gasteiger charge is -2.19. The molecule has 0 heterocycles. The molecule has 0 aliphatic rings. The van der Waals surface area contributed by atoms with Crippen LogP contribution in [0.25, 0.3) is 0 Å². The first-order valence-corrected chi connectivity index (χ1v) is 5.75. The van der Waals surface area contributed by atoms with Crippen LogP contribution in [-0.2, 0) is 6.18 Å². The summed E-state index contributed by atoms with van der Waals surface area (Å²) >= 11 is 0. The molecule has 4 nitrogen and oxygen atoms in total. The highest BCUT2D eigenvalue weighted by molar-refractivity contribution is 5.71. The lowest BCUT2D eigenvalue weighted by molar-refractivity contribution is -0.138. The molecule has 1 aromatic carbocycles. The highest BCUT2D eigenvalue weighted by Gasteiger charge is 2.33. The summed E-state index contributed by atoms with van der Waals surface area (Å²) in [6.45, 7) is 2.22. The molecule has 4 N–H and O–H groups in total. The summed E-state index contributed by atoms with van der Waals surface area (Å²) in [4.78, 5) is 10.4. The minimum atomic E-state index is -4.38. The van der Waals surface area contributed by atoms with Crippen LogP contribution in [0.4, 0.5) is 18.0 Å². The number of nitrogens with two attached hydrogens (primary N) is 1. The molecular weight excluding hydrogens is 259 g/mol. The van der Waals surface area contributed by atoms with Gasteiger partial charge in [0.1, 0.15) is 0 Å². The summed E-state index contributed by atoms with van der Waals surface area (Å²) in [5.74, 6) is 0. The largest absolute Gasteiger partial charge is 0.416 e. The molecule has 0 bridgehead atoms. The van der Waals surface area contributed by atoms with Crippen molar-refractivity contribution in [3.63, 3.8) is 0 Å². The number of rotatable bonds is 5. The van der Waals surface area contributed by atoms with Crippen molar-refractivity contribution >= 4 is 6.03 Å². The molecule has 1 rings (SSSR count). The van der Waals surface area contributed by atoms with Gasteiger partial charge in [-0.3, -0.25) is 0 Å². The van der Waals surface area contributed by atoms with E-state index in [1.165, 1.54) is 12.1 Å². The highest BCUT2D eigenvalue weighted by atomic mass is 19.4. The molecule has 0 fully saturated rings. The average molecular weight is 275 g/mol. The van der Waals surface area contributed by atoms with E-state index < -0.39 is 23.8 Å². The van der Waals surface area contributed by atoms with E-state index in [4.69, 9.17) is 5.73 Å².